The number of halogens is 1. The Labute approximate surface area is 230 Å². The minimum atomic E-state index is -0.493. The van der Waals surface area contributed by atoms with Crippen molar-refractivity contribution in [3.63, 3.8) is 0 Å². The van der Waals surface area contributed by atoms with Gasteiger partial charge in [-0.2, -0.15) is 0 Å². The maximum Gasteiger partial charge on any atom is 0.254 e. The Balaban J connectivity index is 0.00000507. The van der Waals surface area contributed by atoms with Gasteiger partial charge in [-0.25, -0.2) is 0 Å². The summed E-state index contributed by atoms with van der Waals surface area (Å²) >= 11 is 0. The second kappa shape index (κ2) is 16.0. The molecule has 208 valence electrons. The van der Waals surface area contributed by atoms with E-state index < -0.39 is 11.8 Å². The highest BCUT2D eigenvalue weighted by molar-refractivity contribution is 5.95. The number of nitrogens with two attached hydrogens (primary N) is 1. The van der Waals surface area contributed by atoms with Crippen LogP contribution < -0.4 is 15.8 Å². The third-order valence-corrected chi connectivity index (χ3v) is 6.22. The molecule has 1 saturated heterocycles. The number of hydrogen-bond acceptors (Lipinski definition) is 6. The van der Waals surface area contributed by atoms with Crippen molar-refractivity contribution in [3.05, 3.63) is 53.6 Å². The van der Waals surface area contributed by atoms with E-state index in [2.05, 4.69) is 5.32 Å². The van der Waals surface area contributed by atoms with Crippen molar-refractivity contribution in [1.29, 1.82) is 5.41 Å². The predicted molar refractivity (Wildman–Crippen MR) is 150 cm³/mol. The lowest BCUT2D eigenvalue weighted by Gasteiger charge is -2.27. The van der Waals surface area contributed by atoms with Gasteiger partial charge < -0.3 is 30.2 Å². The molecule has 1 unspecified atom stereocenters. The largest absolute Gasteiger partial charge is 0.493 e. The molecule has 0 spiro atoms. The van der Waals surface area contributed by atoms with Gasteiger partial charge in [-0.05, 0) is 35.7 Å². The smallest absolute Gasteiger partial charge is 0.254 e. The van der Waals surface area contributed by atoms with Crippen molar-refractivity contribution in [2.75, 3.05) is 53.2 Å². The monoisotopic (exact) mass is 546 g/mol. The molecule has 9 nitrogen and oxygen atoms in total. The predicted octanol–water partition coefficient (Wildman–Crippen LogP) is 3.60. The van der Waals surface area contributed by atoms with Gasteiger partial charge in [-0.1, -0.05) is 31.2 Å². The van der Waals surface area contributed by atoms with E-state index in [9.17, 15) is 9.59 Å². The molecular weight excluding hydrogens is 508 g/mol. The number of benzene rings is 2. The van der Waals surface area contributed by atoms with E-state index in [1.54, 1.807) is 12.0 Å². The normalized spacial score (nSPS) is 13.8. The standard InChI is InChI=1S/C28H38N4O5.ClH/c1-3-11-31-27(30)24(19-26(29)33)22-9-10-23(25(18-22)37-15-4-14-35-2)20-5-7-21(8-6-20)28(34)32-12-16-36-17-13-32;/h5-10,18,24H,3-4,11-17,19H2,1-2H3,(H2,29,33)(H2,30,31);1H. The quantitative estimate of drug-likeness (QED) is 0.200. The molecule has 1 aliphatic rings. The summed E-state index contributed by atoms with van der Waals surface area (Å²) in [6, 6.07) is 13.2. The van der Waals surface area contributed by atoms with E-state index in [1.807, 2.05) is 49.4 Å². The fourth-order valence-corrected chi connectivity index (χ4v) is 4.21. The minimum Gasteiger partial charge on any atom is -0.493 e. The molecule has 2 aromatic carbocycles. The van der Waals surface area contributed by atoms with Crippen molar-refractivity contribution >= 4 is 30.1 Å². The first-order valence-electron chi connectivity index (χ1n) is 12.8. The average molecular weight is 547 g/mol. The molecule has 4 N–H and O–H groups in total. The Hall–Kier alpha value is -3.14. The van der Waals surface area contributed by atoms with E-state index in [4.69, 9.17) is 25.4 Å². The average Bonchev–Trinajstić information content (AvgIpc) is 2.92. The van der Waals surface area contributed by atoms with Crippen LogP contribution in [0.15, 0.2) is 42.5 Å². The number of rotatable bonds is 13. The lowest BCUT2D eigenvalue weighted by atomic mass is 9.91. The first-order chi connectivity index (χ1) is 17.9. The van der Waals surface area contributed by atoms with Crippen LogP contribution in [0.2, 0.25) is 0 Å². The molecule has 0 bridgehead atoms. The number of methoxy groups -OCH3 is 1. The van der Waals surface area contributed by atoms with Gasteiger partial charge in [0.2, 0.25) is 5.91 Å². The van der Waals surface area contributed by atoms with Gasteiger partial charge in [-0.3, -0.25) is 15.0 Å². The zero-order valence-corrected chi connectivity index (χ0v) is 23.0. The van der Waals surface area contributed by atoms with Crippen molar-refractivity contribution in [1.82, 2.24) is 10.2 Å². The highest BCUT2D eigenvalue weighted by Gasteiger charge is 2.22. The Morgan fingerprint density at radius 1 is 1.13 bits per heavy atom. The summed E-state index contributed by atoms with van der Waals surface area (Å²) < 4.78 is 16.6. The molecule has 1 aliphatic heterocycles. The van der Waals surface area contributed by atoms with E-state index >= 15 is 0 Å². The summed E-state index contributed by atoms with van der Waals surface area (Å²) in [6.07, 6.45) is 1.60. The summed E-state index contributed by atoms with van der Waals surface area (Å²) in [5, 5.41) is 11.6. The molecule has 0 saturated carbocycles. The highest BCUT2D eigenvalue weighted by Crippen LogP contribution is 2.34. The number of primary amides is 1. The summed E-state index contributed by atoms with van der Waals surface area (Å²) in [6.45, 7) is 5.98. The van der Waals surface area contributed by atoms with E-state index in [0.29, 0.717) is 63.8 Å². The Morgan fingerprint density at radius 2 is 1.84 bits per heavy atom. The van der Waals surface area contributed by atoms with Crippen LogP contribution >= 0.6 is 12.4 Å². The number of ether oxygens (including phenoxy) is 3. The molecule has 0 aromatic heterocycles. The van der Waals surface area contributed by atoms with Crippen LogP contribution in [0.1, 0.15) is 48.0 Å². The van der Waals surface area contributed by atoms with Crippen LogP contribution in [-0.2, 0) is 14.3 Å². The summed E-state index contributed by atoms with van der Waals surface area (Å²) in [5.74, 6) is -0.0786. The molecule has 0 aliphatic carbocycles. The number of nitrogens with zero attached hydrogens (tertiary/aromatic N) is 1. The molecule has 1 atom stereocenters. The number of carbonyl (C=O) groups is 2. The molecule has 2 amide bonds. The first-order valence-corrected chi connectivity index (χ1v) is 12.8. The summed E-state index contributed by atoms with van der Waals surface area (Å²) in [7, 11) is 1.65. The van der Waals surface area contributed by atoms with Crippen molar-refractivity contribution in [2.24, 2.45) is 5.73 Å². The second-order valence-electron chi connectivity index (χ2n) is 9.00. The van der Waals surface area contributed by atoms with Crippen LogP contribution in [0.5, 0.6) is 5.75 Å². The van der Waals surface area contributed by atoms with Crippen LogP contribution in [0, 0.1) is 5.41 Å². The molecule has 1 heterocycles. The Bertz CT molecular complexity index is 1060. The number of hydrogen-bond donors (Lipinski definition) is 3. The number of nitrogens with one attached hydrogen (secondary N) is 2. The molecule has 3 rings (SSSR count). The third-order valence-electron chi connectivity index (χ3n) is 6.22. The fourth-order valence-electron chi connectivity index (χ4n) is 4.21. The topological polar surface area (TPSA) is 127 Å². The first kappa shape index (κ1) is 31.1. The van der Waals surface area contributed by atoms with Crippen molar-refractivity contribution in [3.8, 4) is 16.9 Å². The zero-order chi connectivity index (χ0) is 26.6. The molecule has 2 aromatic rings. The summed E-state index contributed by atoms with van der Waals surface area (Å²) in [5.41, 5.74) is 8.68. The molecular formula is C28H39ClN4O5. The SMILES string of the molecule is CCCNC(=N)C(CC(N)=O)c1ccc(-c2ccc(C(=O)N3CCOCC3)cc2)c(OCCCOC)c1.Cl. The van der Waals surface area contributed by atoms with Crippen molar-refractivity contribution < 1.29 is 23.8 Å². The van der Waals surface area contributed by atoms with Gasteiger partial charge in [-0.15, -0.1) is 12.4 Å². The molecule has 1 fully saturated rings. The van der Waals surface area contributed by atoms with Gasteiger partial charge in [0, 0.05) is 63.2 Å². The van der Waals surface area contributed by atoms with Gasteiger partial charge in [0.25, 0.3) is 5.91 Å². The van der Waals surface area contributed by atoms with E-state index in [1.165, 1.54) is 0 Å². The number of amides is 2. The molecule has 0 radical (unpaired) electrons. The lowest BCUT2D eigenvalue weighted by molar-refractivity contribution is -0.118. The summed E-state index contributed by atoms with van der Waals surface area (Å²) in [4.78, 5) is 26.4. The fraction of sp³-hybridized carbons (Fsp3) is 0.464. The van der Waals surface area contributed by atoms with Gasteiger partial charge in [0.15, 0.2) is 0 Å². The lowest BCUT2D eigenvalue weighted by Crippen LogP contribution is -2.40. The third kappa shape index (κ3) is 8.72. The highest BCUT2D eigenvalue weighted by atomic mass is 35.5. The van der Waals surface area contributed by atoms with Crippen LogP contribution in [0.25, 0.3) is 11.1 Å². The van der Waals surface area contributed by atoms with Crippen LogP contribution in [0.3, 0.4) is 0 Å². The van der Waals surface area contributed by atoms with Gasteiger partial charge in [0.05, 0.1) is 19.8 Å². The minimum absolute atomic E-state index is 0. The van der Waals surface area contributed by atoms with Crippen LogP contribution in [-0.4, -0.2) is 75.7 Å². The molecule has 38 heavy (non-hydrogen) atoms. The van der Waals surface area contributed by atoms with Crippen molar-refractivity contribution in [2.45, 2.75) is 32.1 Å². The van der Waals surface area contributed by atoms with Crippen LogP contribution in [0.4, 0.5) is 0 Å². The van der Waals surface area contributed by atoms with E-state index in [-0.39, 0.29) is 30.6 Å². The second-order valence-corrected chi connectivity index (χ2v) is 9.00. The van der Waals surface area contributed by atoms with Gasteiger partial charge >= 0.3 is 0 Å². The number of amidine groups is 1. The zero-order valence-electron chi connectivity index (χ0n) is 22.2. The van der Waals surface area contributed by atoms with Gasteiger partial charge in [0.1, 0.15) is 11.6 Å². The maximum absolute atomic E-state index is 12.8. The Kier molecular flexibility index (Phi) is 13.1. The number of morpholine rings is 1. The number of carbonyl (C=O) groups excluding carboxylic acids is 2. The Morgan fingerprint density at radius 3 is 2.47 bits per heavy atom. The van der Waals surface area contributed by atoms with E-state index in [0.717, 1.165) is 23.1 Å². The molecule has 10 heteroatoms. The maximum atomic E-state index is 12.8.